The summed E-state index contributed by atoms with van der Waals surface area (Å²) in [4.78, 5) is 18.0. The van der Waals surface area contributed by atoms with E-state index in [4.69, 9.17) is 11.6 Å². The highest BCUT2D eigenvalue weighted by atomic mass is 35.5. The number of thiophene rings is 1. The van der Waals surface area contributed by atoms with Crippen LogP contribution in [0, 0.1) is 0 Å². The number of unbranched alkanes of at least 4 members (excludes halogenated alkanes) is 1. The molecule has 0 radical (unpaired) electrons. The van der Waals surface area contributed by atoms with Gasteiger partial charge in [-0.2, -0.15) is 9.30 Å². The second kappa shape index (κ2) is 9.15. The Hall–Kier alpha value is -1.52. The summed E-state index contributed by atoms with van der Waals surface area (Å²) in [7, 11) is -1.89. The van der Waals surface area contributed by atoms with Gasteiger partial charge >= 0.3 is 0 Å². The van der Waals surface area contributed by atoms with E-state index in [-0.39, 0.29) is 4.21 Å². The SMILES string of the molecule is CCCCc1ccc2c(c1)sc(=NC(=O)C1CCCN1S(=O)(=O)c1ccc(Cl)s1)n2C. The molecule has 10 heteroatoms. The predicted octanol–water partition coefficient (Wildman–Crippen LogP) is 4.58. The normalized spacial score (nSPS) is 18.3. The number of benzene rings is 1. The monoisotopic (exact) mass is 497 g/mol. The molecule has 1 aliphatic rings. The third kappa shape index (κ3) is 4.52. The molecule has 0 aliphatic carbocycles. The molecule has 1 aliphatic heterocycles. The van der Waals surface area contributed by atoms with E-state index in [1.807, 2.05) is 11.6 Å². The van der Waals surface area contributed by atoms with Gasteiger partial charge in [-0.05, 0) is 55.5 Å². The number of hydrogen-bond acceptors (Lipinski definition) is 5. The minimum Gasteiger partial charge on any atom is -0.319 e. The summed E-state index contributed by atoms with van der Waals surface area (Å²) in [6.45, 7) is 2.48. The number of fused-ring (bicyclic) bond motifs is 1. The third-order valence-corrected chi connectivity index (χ3v) is 10.2. The molecule has 1 unspecified atom stereocenters. The van der Waals surface area contributed by atoms with E-state index in [1.165, 1.54) is 27.3 Å². The summed E-state index contributed by atoms with van der Waals surface area (Å²) in [6, 6.07) is 8.60. The smallest absolute Gasteiger partial charge is 0.266 e. The zero-order chi connectivity index (χ0) is 22.2. The van der Waals surface area contributed by atoms with Crippen molar-refractivity contribution in [2.45, 2.75) is 49.3 Å². The van der Waals surface area contributed by atoms with Crippen LogP contribution in [0.4, 0.5) is 0 Å². The molecule has 1 fully saturated rings. The Morgan fingerprint density at radius 2 is 2.06 bits per heavy atom. The Kier molecular flexibility index (Phi) is 6.69. The maximum absolute atomic E-state index is 13.0. The zero-order valence-corrected chi connectivity index (χ0v) is 20.6. The van der Waals surface area contributed by atoms with E-state index < -0.39 is 22.0 Å². The van der Waals surface area contributed by atoms with E-state index >= 15 is 0 Å². The number of nitrogens with zero attached hydrogens (tertiary/aromatic N) is 3. The molecule has 0 bridgehead atoms. The highest BCUT2D eigenvalue weighted by Gasteiger charge is 2.40. The highest BCUT2D eigenvalue weighted by Crippen LogP contribution is 2.32. The number of halogens is 1. The highest BCUT2D eigenvalue weighted by molar-refractivity contribution is 7.91. The van der Waals surface area contributed by atoms with E-state index in [1.54, 1.807) is 6.07 Å². The molecule has 2 aromatic heterocycles. The van der Waals surface area contributed by atoms with Gasteiger partial charge in [-0.1, -0.05) is 42.3 Å². The lowest BCUT2D eigenvalue weighted by Crippen LogP contribution is -2.40. The van der Waals surface area contributed by atoms with Crippen molar-refractivity contribution in [3.05, 3.63) is 45.0 Å². The largest absolute Gasteiger partial charge is 0.319 e. The van der Waals surface area contributed by atoms with Gasteiger partial charge < -0.3 is 4.57 Å². The van der Waals surface area contributed by atoms with Crippen molar-refractivity contribution < 1.29 is 13.2 Å². The number of carbonyl (C=O) groups excluding carboxylic acids is 1. The van der Waals surface area contributed by atoms with Gasteiger partial charge in [-0.3, -0.25) is 4.79 Å². The number of hydrogen-bond donors (Lipinski definition) is 0. The Morgan fingerprint density at radius 3 is 2.77 bits per heavy atom. The fourth-order valence-electron chi connectivity index (χ4n) is 3.82. The van der Waals surface area contributed by atoms with E-state index in [2.05, 4.69) is 30.1 Å². The lowest BCUT2D eigenvalue weighted by atomic mass is 10.1. The van der Waals surface area contributed by atoms with Crippen LogP contribution in [0.25, 0.3) is 10.2 Å². The Labute approximate surface area is 194 Å². The maximum Gasteiger partial charge on any atom is 0.266 e. The van der Waals surface area contributed by atoms with Gasteiger partial charge in [0.15, 0.2) is 4.80 Å². The average Bonchev–Trinajstić information content (AvgIpc) is 3.46. The molecule has 3 aromatic rings. The second-order valence-corrected chi connectivity index (χ2v) is 12.5. The van der Waals surface area contributed by atoms with Crippen LogP contribution in [0.15, 0.2) is 39.5 Å². The predicted molar refractivity (Wildman–Crippen MR) is 126 cm³/mol. The Balaban J connectivity index is 1.64. The van der Waals surface area contributed by atoms with Gasteiger partial charge in [0.1, 0.15) is 10.3 Å². The number of amides is 1. The molecule has 0 saturated carbocycles. The summed E-state index contributed by atoms with van der Waals surface area (Å²) >= 11 is 8.39. The number of aromatic nitrogens is 1. The van der Waals surface area contributed by atoms with Gasteiger partial charge in [-0.15, -0.1) is 11.3 Å². The molecule has 0 N–H and O–H groups in total. The first kappa shape index (κ1) is 22.7. The number of aryl methyl sites for hydroxylation is 2. The van der Waals surface area contributed by atoms with Gasteiger partial charge in [-0.25, -0.2) is 8.42 Å². The van der Waals surface area contributed by atoms with Crippen LogP contribution in [0.2, 0.25) is 4.34 Å². The van der Waals surface area contributed by atoms with Crippen LogP contribution in [0.5, 0.6) is 0 Å². The standard InChI is InChI=1S/C21H24ClN3O3S3/c1-3-4-6-14-8-9-15-17(13-14)29-21(24(15)2)23-20(26)16-7-5-12-25(16)31(27,28)19-11-10-18(22)30-19/h8-11,13,16H,3-7,12H2,1-2H3. The molecule has 31 heavy (non-hydrogen) atoms. The minimum atomic E-state index is -3.77. The van der Waals surface area contributed by atoms with Gasteiger partial charge in [0, 0.05) is 13.6 Å². The van der Waals surface area contributed by atoms with Crippen molar-refractivity contribution in [2.24, 2.45) is 12.0 Å². The number of sulfonamides is 1. The second-order valence-electron chi connectivity index (χ2n) is 7.63. The third-order valence-electron chi connectivity index (χ3n) is 5.50. The summed E-state index contributed by atoms with van der Waals surface area (Å²) in [5.41, 5.74) is 2.29. The molecule has 166 valence electrons. The van der Waals surface area contributed by atoms with Crippen molar-refractivity contribution in [3.8, 4) is 0 Å². The van der Waals surface area contributed by atoms with Crippen molar-refractivity contribution in [2.75, 3.05) is 6.54 Å². The van der Waals surface area contributed by atoms with Crippen LogP contribution in [0.3, 0.4) is 0 Å². The van der Waals surface area contributed by atoms with Crippen molar-refractivity contribution in [3.63, 3.8) is 0 Å². The summed E-state index contributed by atoms with van der Waals surface area (Å²) in [5, 5.41) is 0. The Bertz CT molecular complexity index is 1290. The first-order chi connectivity index (χ1) is 14.8. The lowest BCUT2D eigenvalue weighted by Gasteiger charge is -2.20. The number of thiazole rings is 1. The van der Waals surface area contributed by atoms with Crippen LogP contribution in [0.1, 0.15) is 38.2 Å². The molecule has 1 atom stereocenters. The maximum atomic E-state index is 13.0. The minimum absolute atomic E-state index is 0.157. The molecule has 1 amide bonds. The zero-order valence-electron chi connectivity index (χ0n) is 17.4. The molecule has 0 spiro atoms. The fraction of sp³-hybridized carbons (Fsp3) is 0.429. The molecule has 1 saturated heterocycles. The van der Waals surface area contributed by atoms with Crippen LogP contribution >= 0.6 is 34.3 Å². The first-order valence-corrected chi connectivity index (χ1v) is 13.7. The van der Waals surface area contributed by atoms with Crippen molar-refractivity contribution in [1.29, 1.82) is 0 Å². The molecular formula is C21H24ClN3O3S3. The van der Waals surface area contributed by atoms with Crippen LogP contribution < -0.4 is 4.80 Å². The fourth-order valence-corrected chi connectivity index (χ4v) is 8.17. The average molecular weight is 498 g/mol. The molecule has 4 rings (SSSR count). The van der Waals surface area contributed by atoms with Crippen LogP contribution in [-0.2, 0) is 28.3 Å². The lowest BCUT2D eigenvalue weighted by molar-refractivity contribution is -0.121. The Morgan fingerprint density at radius 1 is 1.26 bits per heavy atom. The molecule has 1 aromatic carbocycles. The summed E-state index contributed by atoms with van der Waals surface area (Å²) in [5.74, 6) is -0.419. The van der Waals surface area contributed by atoms with E-state index in [0.717, 1.165) is 40.8 Å². The number of rotatable bonds is 6. The van der Waals surface area contributed by atoms with Gasteiger partial charge in [0.25, 0.3) is 15.9 Å². The molecule has 3 heterocycles. The van der Waals surface area contributed by atoms with Crippen molar-refractivity contribution in [1.82, 2.24) is 8.87 Å². The first-order valence-electron chi connectivity index (χ1n) is 10.3. The quantitative estimate of drug-likeness (QED) is 0.500. The van der Waals surface area contributed by atoms with E-state index in [0.29, 0.717) is 28.5 Å². The molecular weight excluding hydrogens is 474 g/mol. The number of carbonyl (C=O) groups is 1. The van der Waals surface area contributed by atoms with Crippen molar-refractivity contribution >= 4 is 60.4 Å². The van der Waals surface area contributed by atoms with Gasteiger partial charge in [0.2, 0.25) is 0 Å². The molecule has 6 nitrogen and oxygen atoms in total. The van der Waals surface area contributed by atoms with Crippen LogP contribution in [-0.4, -0.2) is 35.8 Å². The summed E-state index contributed by atoms with van der Waals surface area (Å²) in [6.07, 6.45) is 4.41. The topological polar surface area (TPSA) is 71.7 Å². The van der Waals surface area contributed by atoms with E-state index in [9.17, 15) is 13.2 Å². The summed E-state index contributed by atoms with van der Waals surface area (Å²) < 4.78 is 30.9. The van der Waals surface area contributed by atoms with Gasteiger partial charge in [0.05, 0.1) is 14.6 Å².